The summed E-state index contributed by atoms with van der Waals surface area (Å²) in [6.45, 7) is 0. The highest BCUT2D eigenvalue weighted by atomic mass is 19.4. The predicted molar refractivity (Wildman–Crippen MR) is 62.3 cm³/mol. The minimum atomic E-state index is -4.47. The number of hydrogen-bond donors (Lipinski definition) is 3. The van der Waals surface area contributed by atoms with Crippen LogP contribution in [0.25, 0.3) is 0 Å². The van der Waals surface area contributed by atoms with Crippen LogP contribution in [0.2, 0.25) is 0 Å². The van der Waals surface area contributed by atoms with Gasteiger partial charge in [0, 0.05) is 5.69 Å². The molecule has 5 N–H and O–H groups in total. The number of halogens is 3. The summed E-state index contributed by atoms with van der Waals surface area (Å²) < 4.78 is 42.6. The number of rotatable bonds is 2. The smallest absolute Gasteiger partial charge is 0.388 e. The Labute approximate surface area is 104 Å². The molecule has 0 unspecified atom stereocenters. The lowest BCUT2D eigenvalue weighted by atomic mass is 10.2. The van der Waals surface area contributed by atoms with Gasteiger partial charge >= 0.3 is 11.9 Å². The van der Waals surface area contributed by atoms with E-state index < -0.39 is 17.5 Å². The van der Waals surface area contributed by atoms with E-state index in [4.69, 9.17) is 11.6 Å². The fourth-order valence-corrected chi connectivity index (χ4v) is 1.43. The highest BCUT2D eigenvalue weighted by Crippen LogP contribution is 2.31. The van der Waals surface area contributed by atoms with Crippen molar-refractivity contribution in [1.29, 1.82) is 0 Å². The van der Waals surface area contributed by atoms with Gasteiger partial charge in [-0.05, 0) is 18.2 Å². The number of alkyl halides is 3. The normalized spacial score (nSPS) is 11.5. The Balaban J connectivity index is 2.37. The zero-order valence-corrected chi connectivity index (χ0v) is 9.36. The van der Waals surface area contributed by atoms with Crippen molar-refractivity contribution in [2.45, 2.75) is 6.18 Å². The van der Waals surface area contributed by atoms with Crippen molar-refractivity contribution in [1.82, 2.24) is 4.68 Å². The Kier molecular flexibility index (Phi) is 2.89. The quantitative estimate of drug-likeness (QED) is 0.721. The molecule has 0 aliphatic rings. The average Bonchev–Trinajstić information content (AvgIpc) is 2.55. The van der Waals surface area contributed by atoms with Gasteiger partial charge in [-0.25, -0.2) is 4.79 Å². The van der Waals surface area contributed by atoms with E-state index in [1.165, 1.54) is 12.1 Å². The van der Waals surface area contributed by atoms with Gasteiger partial charge in [0.25, 0.3) is 0 Å². The summed E-state index contributed by atoms with van der Waals surface area (Å²) in [5.41, 5.74) is 4.59. The number of aromatic nitrogens is 1. The molecule has 6 nitrogen and oxygen atoms in total. The van der Waals surface area contributed by atoms with Crippen LogP contribution in [-0.4, -0.2) is 4.68 Å². The van der Waals surface area contributed by atoms with Gasteiger partial charge in [-0.1, -0.05) is 6.07 Å². The lowest BCUT2D eigenvalue weighted by molar-refractivity contribution is -0.137. The van der Waals surface area contributed by atoms with Crippen molar-refractivity contribution in [3.8, 4) is 0 Å². The molecule has 0 aliphatic heterocycles. The molecule has 0 saturated heterocycles. The van der Waals surface area contributed by atoms with Crippen LogP contribution in [0.4, 0.5) is 30.6 Å². The Morgan fingerprint density at radius 2 is 2.00 bits per heavy atom. The topological polar surface area (TPSA) is 99.2 Å². The first-order valence-corrected chi connectivity index (χ1v) is 4.99. The minimum absolute atomic E-state index is 0.0709. The second-order valence-electron chi connectivity index (χ2n) is 3.65. The summed E-state index contributed by atoms with van der Waals surface area (Å²) in [4.78, 5) is 11.0. The molecule has 19 heavy (non-hydrogen) atoms. The van der Waals surface area contributed by atoms with Crippen molar-refractivity contribution < 1.29 is 17.6 Å². The van der Waals surface area contributed by atoms with Crippen molar-refractivity contribution in [3.63, 3.8) is 0 Å². The number of nitrogens with zero attached hydrogens (tertiary/aromatic N) is 1. The third-order valence-corrected chi connectivity index (χ3v) is 2.32. The largest absolute Gasteiger partial charge is 0.441 e. The van der Waals surface area contributed by atoms with Crippen LogP contribution in [0, 0.1) is 0 Å². The second-order valence-corrected chi connectivity index (χ2v) is 3.65. The molecular weight excluding hydrogens is 265 g/mol. The van der Waals surface area contributed by atoms with Crippen molar-refractivity contribution in [2.24, 2.45) is 0 Å². The predicted octanol–water partition coefficient (Wildman–Crippen LogP) is 1.50. The van der Waals surface area contributed by atoms with E-state index in [1.807, 2.05) is 0 Å². The molecule has 0 atom stereocenters. The van der Waals surface area contributed by atoms with Crippen molar-refractivity contribution in [2.75, 3.05) is 16.9 Å². The summed E-state index contributed by atoms with van der Waals surface area (Å²) >= 11 is 0. The standard InChI is InChI=1S/C10H9F3N4O2/c11-10(12,13)5-2-1-3-6(4-5)16-8-7(14)19-9(18)17(8)15/h1-4,16H,14-15H2. The molecule has 1 heterocycles. The van der Waals surface area contributed by atoms with Crippen molar-refractivity contribution in [3.05, 3.63) is 40.4 Å². The number of nitrogens with two attached hydrogens (primary N) is 2. The number of anilines is 3. The van der Waals surface area contributed by atoms with Crippen LogP contribution in [0.15, 0.2) is 33.5 Å². The molecule has 0 radical (unpaired) electrons. The molecule has 9 heteroatoms. The molecule has 0 saturated carbocycles. The zero-order valence-electron chi connectivity index (χ0n) is 9.36. The summed E-state index contributed by atoms with van der Waals surface area (Å²) in [5, 5.41) is 2.49. The molecule has 0 bridgehead atoms. The zero-order chi connectivity index (χ0) is 14.2. The molecule has 0 amide bonds. The lowest BCUT2D eigenvalue weighted by Crippen LogP contribution is -2.23. The Bertz CT molecular complexity index is 660. The monoisotopic (exact) mass is 274 g/mol. The first-order valence-electron chi connectivity index (χ1n) is 4.99. The van der Waals surface area contributed by atoms with E-state index in [2.05, 4.69) is 9.73 Å². The molecule has 102 valence electrons. The molecule has 2 aromatic rings. The molecule has 0 fully saturated rings. The van der Waals surface area contributed by atoms with E-state index in [-0.39, 0.29) is 17.4 Å². The number of nitrogen functional groups attached to an aromatic ring is 2. The maximum Gasteiger partial charge on any atom is 0.441 e. The number of oxazole rings is 1. The first kappa shape index (κ1) is 12.9. The number of benzene rings is 1. The summed E-state index contributed by atoms with van der Waals surface area (Å²) in [6.07, 6.45) is -4.47. The van der Waals surface area contributed by atoms with E-state index in [1.54, 1.807) is 0 Å². The van der Waals surface area contributed by atoms with Crippen LogP contribution in [0.1, 0.15) is 5.56 Å². The molecule has 1 aromatic heterocycles. The van der Waals surface area contributed by atoms with Gasteiger partial charge in [0.15, 0.2) is 5.82 Å². The van der Waals surface area contributed by atoms with Crippen LogP contribution in [-0.2, 0) is 6.18 Å². The van der Waals surface area contributed by atoms with Crippen LogP contribution < -0.4 is 22.6 Å². The minimum Gasteiger partial charge on any atom is -0.388 e. The van der Waals surface area contributed by atoms with Gasteiger partial charge < -0.3 is 21.3 Å². The lowest BCUT2D eigenvalue weighted by Gasteiger charge is -2.10. The molecule has 0 spiro atoms. The maximum atomic E-state index is 12.5. The molecule has 2 rings (SSSR count). The highest BCUT2D eigenvalue weighted by molar-refractivity contribution is 5.65. The fraction of sp³-hybridized carbons (Fsp3) is 0.100. The number of hydrogen-bond acceptors (Lipinski definition) is 5. The third kappa shape index (κ3) is 2.49. The Morgan fingerprint density at radius 1 is 1.32 bits per heavy atom. The van der Waals surface area contributed by atoms with Crippen LogP contribution in [0.3, 0.4) is 0 Å². The summed E-state index contributed by atoms with van der Waals surface area (Å²) in [6, 6.07) is 4.35. The van der Waals surface area contributed by atoms with Crippen LogP contribution >= 0.6 is 0 Å². The third-order valence-electron chi connectivity index (χ3n) is 2.32. The number of nitrogens with one attached hydrogen (secondary N) is 1. The molecule has 1 aromatic carbocycles. The van der Waals surface area contributed by atoms with E-state index >= 15 is 0 Å². The molecule has 0 aliphatic carbocycles. The first-order chi connectivity index (χ1) is 8.79. The SMILES string of the molecule is Nc1oc(=O)n(N)c1Nc1cccc(C(F)(F)F)c1. The van der Waals surface area contributed by atoms with Gasteiger partial charge in [-0.3, -0.25) is 0 Å². The van der Waals surface area contributed by atoms with E-state index in [9.17, 15) is 18.0 Å². The van der Waals surface area contributed by atoms with Gasteiger partial charge in [0.2, 0.25) is 5.88 Å². The summed E-state index contributed by atoms with van der Waals surface area (Å²) in [5.74, 6) is 3.96. The van der Waals surface area contributed by atoms with Gasteiger partial charge in [0.1, 0.15) is 0 Å². The second kappa shape index (κ2) is 4.26. The fourth-order valence-electron chi connectivity index (χ4n) is 1.43. The highest BCUT2D eigenvalue weighted by Gasteiger charge is 2.30. The van der Waals surface area contributed by atoms with E-state index in [0.29, 0.717) is 4.68 Å². The Morgan fingerprint density at radius 3 is 2.53 bits per heavy atom. The van der Waals surface area contributed by atoms with E-state index in [0.717, 1.165) is 12.1 Å². The van der Waals surface area contributed by atoms with Gasteiger partial charge in [0.05, 0.1) is 5.56 Å². The van der Waals surface area contributed by atoms with Gasteiger partial charge in [-0.2, -0.15) is 17.8 Å². The van der Waals surface area contributed by atoms with Crippen LogP contribution in [0.5, 0.6) is 0 Å². The maximum absolute atomic E-state index is 12.5. The van der Waals surface area contributed by atoms with Gasteiger partial charge in [-0.15, -0.1) is 0 Å². The Hall–Kier alpha value is -2.58. The summed E-state index contributed by atoms with van der Waals surface area (Å²) in [7, 11) is 0. The molecular formula is C10H9F3N4O2. The average molecular weight is 274 g/mol. The van der Waals surface area contributed by atoms with Crippen molar-refractivity contribution >= 4 is 17.4 Å².